The smallest absolute Gasteiger partial charge is 0.279 e. The lowest BCUT2D eigenvalue weighted by atomic mass is 10.2. The Morgan fingerprint density at radius 3 is 2.71 bits per heavy atom. The first kappa shape index (κ1) is 13.2. The molecule has 0 fully saturated rings. The van der Waals surface area contributed by atoms with E-state index in [9.17, 15) is 4.79 Å². The minimum Gasteiger partial charge on any atom is -0.479 e. The van der Waals surface area contributed by atoms with Gasteiger partial charge in [0.05, 0.1) is 12.8 Å². The fraction of sp³-hybridized carbons (Fsp3) is 0.200. The highest BCUT2D eigenvalue weighted by Gasteiger charge is 2.28. The Bertz CT molecular complexity index is 691. The Balaban J connectivity index is 1.90. The van der Waals surface area contributed by atoms with E-state index in [0.29, 0.717) is 17.4 Å². The first-order valence-electron chi connectivity index (χ1n) is 6.45. The van der Waals surface area contributed by atoms with Gasteiger partial charge in [0.1, 0.15) is 5.57 Å². The van der Waals surface area contributed by atoms with E-state index in [-0.39, 0.29) is 5.91 Å². The van der Waals surface area contributed by atoms with Crippen molar-refractivity contribution in [2.45, 2.75) is 0 Å². The van der Waals surface area contributed by atoms with Crippen LogP contribution in [0.25, 0.3) is 0 Å². The number of ether oxygens (including phenoxy) is 2. The number of allylic oxidation sites excluding steroid dienone is 2. The van der Waals surface area contributed by atoms with Gasteiger partial charge in [0.25, 0.3) is 5.91 Å². The van der Waals surface area contributed by atoms with Crippen LogP contribution >= 0.6 is 0 Å². The summed E-state index contributed by atoms with van der Waals surface area (Å²) in [6.07, 6.45) is 3.40. The Morgan fingerprint density at radius 1 is 1.24 bits per heavy atom. The van der Waals surface area contributed by atoms with Crippen LogP contribution in [-0.4, -0.2) is 38.0 Å². The standard InChI is InChI=1S/C15H15N3O3/c1-17-11-6-4-5-7-12(11)21-13(17)9-8-10-14(20-3)16-18(2)15(10)19/h4-9H,1-3H3/b10-8+,13-9+. The second-order valence-electron chi connectivity index (χ2n) is 4.65. The highest BCUT2D eigenvalue weighted by Crippen LogP contribution is 2.37. The van der Waals surface area contributed by atoms with Gasteiger partial charge in [0, 0.05) is 14.1 Å². The number of methoxy groups -OCH3 is 1. The molecule has 6 nitrogen and oxygen atoms in total. The predicted octanol–water partition coefficient (Wildman–Crippen LogP) is 1.71. The first-order chi connectivity index (χ1) is 10.1. The molecule has 0 saturated carbocycles. The zero-order valence-corrected chi connectivity index (χ0v) is 12.0. The summed E-state index contributed by atoms with van der Waals surface area (Å²) in [5, 5.41) is 5.25. The Kier molecular flexibility index (Phi) is 3.13. The van der Waals surface area contributed by atoms with E-state index in [0.717, 1.165) is 11.4 Å². The van der Waals surface area contributed by atoms with Gasteiger partial charge in [-0.15, -0.1) is 5.10 Å². The van der Waals surface area contributed by atoms with Gasteiger partial charge in [-0.2, -0.15) is 0 Å². The number of hydrazone groups is 1. The van der Waals surface area contributed by atoms with Crippen LogP contribution in [0, 0.1) is 0 Å². The molecule has 0 aromatic heterocycles. The molecule has 0 bridgehead atoms. The van der Waals surface area contributed by atoms with Crippen LogP contribution in [0.3, 0.4) is 0 Å². The van der Waals surface area contributed by atoms with E-state index < -0.39 is 0 Å². The molecule has 2 heterocycles. The number of rotatable bonds is 1. The molecule has 1 amide bonds. The molecule has 0 unspecified atom stereocenters. The SMILES string of the molecule is COC1=NN(C)C(=O)/C1=C/C=C1/Oc2ccccc2N1C. The molecule has 0 spiro atoms. The number of nitrogens with zero attached hydrogens (tertiary/aromatic N) is 3. The van der Waals surface area contributed by atoms with E-state index >= 15 is 0 Å². The molecule has 0 radical (unpaired) electrons. The fourth-order valence-electron chi connectivity index (χ4n) is 2.22. The van der Waals surface area contributed by atoms with Gasteiger partial charge in [-0.3, -0.25) is 4.79 Å². The number of hydrogen-bond acceptors (Lipinski definition) is 5. The predicted molar refractivity (Wildman–Crippen MR) is 78.9 cm³/mol. The lowest BCUT2D eigenvalue weighted by Crippen LogP contribution is -2.17. The largest absolute Gasteiger partial charge is 0.479 e. The van der Waals surface area contributed by atoms with Gasteiger partial charge in [-0.25, -0.2) is 5.01 Å². The number of para-hydroxylation sites is 2. The first-order valence-corrected chi connectivity index (χ1v) is 6.45. The Hall–Kier alpha value is -2.76. The van der Waals surface area contributed by atoms with Crippen LogP contribution in [0.1, 0.15) is 0 Å². The molecular weight excluding hydrogens is 270 g/mol. The quantitative estimate of drug-likeness (QED) is 0.737. The number of anilines is 1. The van der Waals surface area contributed by atoms with Gasteiger partial charge in [0.15, 0.2) is 11.6 Å². The molecule has 0 N–H and O–H groups in total. The monoisotopic (exact) mass is 285 g/mol. The summed E-state index contributed by atoms with van der Waals surface area (Å²) in [6, 6.07) is 7.74. The summed E-state index contributed by atoms with van der Waals surface area (Å²) in [5.74, 6) is 1.53. The topological polar surface area (TPSA) is 54.4 Å². The van der Waals surface area contributed by atoms with Gasteiger partial charge in [0.2, 0.25) is 5.90 Å². The molecule has 6 heteroatoms. The van der Waals surface area contributed by atoms with Crippen molar-refractivity contribution in [1.29, 1.82) is 0 Å². The number of likely N-dealkylation sites (N-methyl/N-ethyl adjacent to an activating group) is 1. The third-order valence-electron chi connectivity index (χ3n) is 3.35. The molecule has 0 saturated heterocycles. The molecule has 1 aromatic rings. The minimum absolute atomic E-state index is 0.207. The van der Waals surface area contributed by atoms with Gasteiger partial charge in [-0.1, -0.05) is 12.1 Å². The van der Waals surface area contributed by atoms with E-state index in [2.05, 4.69) is 5.10 Å². The van der Waals surface area contributed by atoms with Gasteiger partial charge >= 0.3 is 0 Å². The maximum Gasteiger partial charge on any atom is 0.279 e. The number of hydrogen-bond donors (Lipinski definition) is 0. The molecular formula is C15H15N3O3. The van der Waals surface area contributed by atoms with Crippen molar-refractivity contribution in [1.82, 2.24) is 5.01 Å². The van der Waals surface area contributed by atoms with Gasteiger partial charge in [-0.05, 0) is 24.3 Å². The zero-order chi connectivity index (χ0) is 15.0. The van der Waals surface area contributed by atoms with Crippen molar-refractivity contribution in [2.75, 3.05) is 26.1 Å². The molecule has 2 aliphatic rings. The number of carbonyl (C=O) groups is 1. The number of fused-ring (bicyclic) bond motifs is 1. The summed E-state index contributed by atoms with van der Waals surface area (Å²) < 4.78 is 10.9. The van der Waals surface area contributed by atoms with Crippen molar-refractivity contribution in [3.05, 3.63) is 47.9 Å². The number of amides is 1. The third kappa shape index (κ3) is 2.14. The van der Waals surface area contributed by atoms with Crippen molar-refractivity contribution >= 4 is 17.5 Å². The molecule has 1 aromatic carbocycles. The summed E-state index contributed by atoms with van der Waals surface area (Å²) in [6.45, 7) is 0. The highest BCUT2D eigenvalue weighted by atomic mass is 16.5. The highest BCUT2D eigenvalue weighted by molar-refractivity contribution is 6.21. The van der Waals surface area contributed by atoms with Crippen LogP contribution in [-0.2, 0) is 9.53 Å². The fourth-order valence-corrected chi connectivity index (χ4v) is 2.22. The second-order valence-corrected chi connectivity index (χ2v) is 4.65. The van der Waals surface area contributed by atoms with Crippen molar-refractivity contribution in [3.8, 4) is 5.75 Å². The molecule has 108 valence electrons. The van der Waals surface area contributed by atoms with Crippen molar-refractivity contribution < 1.29 is 14.3 Å². The number of carbonyl (C=O) groups excluding carboxylic acids is 1. The molecule has 0 aliphatic carbocycles. The lowest BCUT2D eigenvalue weighted by molar-refractivity contribution is -0.124. The summed E-state index contributed by atoms with van der Waals surface area (Å²) in [5.41, 5.74) is 1.39. The maximum absolute atomic E-state index is 12.0. The van der Waals surface area contributed by atoms with E-state index in [1.54, 1.807) is 19.2 Å². The van der Waals surface area contributed by atoms with Crippen LogP contribution in [0.2, 0.25) is 0 Å². The maximum atomic E-state index is 12.0. The Labute approximate surface area is 122 Å². The number of benzene rings is 1. The zero-order valence-electron chi connectivity index (χ0n) is 12.0. The van der Waals surface area contributed by atoms with E-state index in [1.807, 2.05) is 36.2 Å². The van der Waals surface area contributed by atoms with Crippen molar-refractivity contribution in [2.24, 2.45) is 5.10 Å². The van der Waals surface area contributed by atoms with Crippen LogP contribution in [0.15, 0.2) is 53.0 Å². The van der Waals surface area contributed by atoms with Crippen molar-refractivity contribution in [3.63, 3.8) is 0 Å². The summed E-state index contributed by atoms with van der Waals surface area (Å²) in [7, 11) is 4.98. The lowest BCUT2D eigenvalue weighted by Gasteiger charge is -2.10. The molecule has 0 atom stereocenters. The Morgan fingerprint density at radius 2 is 2.00 bits per heavy atom. The van der Waals surface area contributed by atoms with Crippen LogP contribution in [0.5, 0.6) is 5.75 Å². The normalized spacial score (nSPS) is 20.9. The third-order valence-corrected chi connectivity index (χ3v) is 3.35. The van der Waals surface area contributed by atoms with Crippen LogP contribution < -0.4 is 9.64 Å². The minimum atomic E-state index is -0.207. The summed E-state index contributed by atoms with van der Waals surface area (Å²) >= 11 is 0. The molecule has 2 aliphatic heterocycles. The van der Waals surface area contributed by atoms with E-state index in [4.69, 9.17) is 9.47 Å². The average Bonchev–Trinajstić information content (AvgIpc) is 2.96. The van der Waals surface area contributed by atoms with Crippen LogP contribution in [0.4, 0.5) is 5.69 Å². The average molecular weight is 285 g/mol. The van der Waals surface area contributed by atoms with Gasteiger partial charge < -0.3 is 14.4 Å². The second kappa shape index (κ2) is 4.97. The molecule has 21 heavy (non-hydrogen) atoms. The summed E-state index contributed by atoms with van der Waals surface area (Å²) in [4.78, 5) is 13.9. The van der Waals surface area contributed by atoms with E-state index in [1.165, 1.54) is 12.1 Å². The molecule has 3 rings (SSSR count).